The lowest BCUT2D eigenvalue weighted by molar-refractivity contribution is -0.137. The van der Waals surface area contributed by atoms with Crippen LogP contribution in [0.15, 0.2) is 24.3 Å². The standard InChI is InChI=1S/C11H13ClO2/c1-8-4-2-3-5-9(8)10(12)6-7-11(13)14/h2-5,10H,6-7H2,1H3,(H,13,14)/t10-/m0/s1. The molecule has 0 heterocycles. The molecule has 0 aliphatic rings. The van der Waals surface area contributed by atoms with E-state index >= 15 is 0 Å². The fourth-order valence-corrected chi connectivity index (χ4v) is 1.70. The zero-order valence-corrected chi connectivity index (χ0v) is 8.79. The number of aryl methyl sites for hydroxylation is 1. The Bertz CT molecular complexity index is 323. The van der Waals surface area contributed by atoms with Gasteiger partial charge in [-0.2, -0.15) is 0 Å². The molecule has 0 spiro atoms. The molecule has 1 aromatic carbocycles. The summed E-state index contributed by atoms with van der Waals surface area (Å²) in [5.74, 6) is -0.802. The molecule has 0 saturated carbocycles. The number of hydrogen-bond donors (Lipinski definition) is 1. The first kappa shape index (κ1) is 11.1. The summed E-state index contributed by atoms with van der Waals surface area (Å²) in [6, 6.07) is 7.78. The van der Waals surface area contributed by atoms with Crippen molar-refractivity contribution in [2.24, 2.45) is 0 Å². The number of aliphatic carboxylic acids is 1. The van der Waals surface area contributed by atoms with Crippen LogP contribution in [0.5, 0.6) is 0 Å². The Hall–Kier alpha value is -1.02. The van der Waals surface area contributed by atoms with Gasteiger partial charge in [0.2, 0.25) is 0 Å². The molecule has 0 aliphatic carbocycles. The van der Waals surface area contributed by atoms with Crippen molar-refractivity contribution in [1.29, 1.82) is 0 Å². The lowest BCUT2D eigenvalue weighted by Crippen LogP contribution is -1.99. The zero-order valence-electron chi connectivity index (χ0n) is 8.03. The summed E-state index contributed by atoms with van der Waals surface area (Å²) in [5, 5.41) is 8.32. The van der Waals surface area contributed by atoms with Gasteiger partial charge in [-0.15, -0.1) is 11.6 Å². The molecule has 1 rings (SSSR count). The van der Waals surface area contributed by atoms with Gasteiger partial charge < -0.3 is 5.11 Å². The molecule has 0 aliphatic heterocycles. The van der Waals surface area contributed by atoms with Crippen molar-refractivity contribution in [3.05, 3.63) is 35.4 Å². The molecular formula is C11H13ClO2. The minimum Gasteiger partial charge on any atom is -0.481 e. The molecule has 76 valence electrons. The van der Waals surface area contributed by atoms with E-state index in [4.69, 9.17) is 16.7 Å². The number of rotatable bonds is 4. The SMILES string of the molecule is Cc1ccccc1[C@@H](Cl)CCC(=O)O. The van der Waals surface area contributed by atoms with E-state index in [1.165, 1.54) is 0 Å². The van der Waals surface area contributed by atoms with E-state index in [1.807, 2.05) is 31.2 Å². The molecule has 0 fully saturated rings. The Balaban J connectivity index is 2.65. The Morgan fingerprint density at radius 3 is 2.71 bits per heavy atom. The summed E-state index contributed by atoms with van der Waals surface area (Å²) in [5.41, 5.74) is 2.13. The summed E-state index contributed by atoms with van der Waals surface area (Å²) in [7, 11) is 0. The topological polar surface area (TPSA) is 37.3 Å². The van der Waals surface area contributed by atoms with Gasteiger partial charge in [0.05, 0.1) is 5.38 Å². The van der Waals surface area contributed by atoms with E-state index in [1.54, 1.807) is 0 Å². The second-order valence-electron chi connectivity index (χ2n) is 3.26. The van der Waals surface area contributed by atoms with Crippen LogP contribution in [0.25, 0.3) is 0 Å². The van der Waals surface area contributed by atoms with Crippen molar-refractivity contribution in [2.45, 2.75) is 25.1 Å². The maximum atomic E-state index is 10.4. The smallest absolute Gasteiger partial charge is 0.303 e. The molecule has 0 radical (unpaired) electrons. The van der Waals surface area contributed by atoms with E-state index in [0.29, 0.717) is 6.42 Å². The van der Waals surface area contributed by atoms with Crippen LogP contribution < -0.4 is 0 Å². The summed E-state index contributed by atoms with van der Waals surface area (Å²) in [4.78, 5) is 10.4. The third-order valence-corrected chi connectivity index (χ3v) is 2.59. The number of alkyl halides is 1. The maximum absolute atomic E-state index is 10.4. The highest BCUT2D eigenvalue weighted by molar-refractivity contribution is 6.21. The van der Waals surface area contributed by atoms with Gasteiger partial charge >= 0.3 is 5.97 Å². The third-order valence-electron chi connectivity index (χ3n) is 2.14. The molecule has 0 unspecified atom stereocenters. The van der Waals surface area contributed by atoms with Crippen LogP contribution in [0.2, 0.25) is 0 Å². The number of carboxylic acids is 1. The van der Waals surface area contributed by atoms with Crippen LogP contribution in [0, 0.1) is 6.92 Å². The molecule has 14 heavy (non-hydrogen) atoms. The minimum absolute atomic E-state index is 0.114. The van der Waals surface area contributed by atoms with Crippen molar-refractivity contribution in [1.82, 2.24) is 0 Å². The lowest BCUT2D eigenvalue weighted by Gasteiger charge is -2.10. The van der Waals surface area contributed by atoms with Crippen LogP contribution in [0.4, 0.5) is 0 Å². The summed E-state index contributed by atoms with van der Waals surface area (Å²) < 4.78 is 0. The molecule has 0 aromatic heterocycles. The fraction of sp³-hybridized carbons (Fsp3) is 0.364. The van der Waals surface area contributed by atoms with Crippen molar-refractivity contribution in [3.8, 4) is 0 Å². The molecule has 0 saturated heterocycles. The summed E-state index contributed by atoms with van der Waals surface area (Å²) in [6.07, 6.45) is 0.588. The normalized spacial score (nSPS) is 12.4. The van der Waals surface area contributed by atoms with Crippen molar-refractivity contribution in [3.63, 3.8) is 0 Å². The zero-order chi connectivity index (χ0) is 10.6. The van der Waals surface area contributed by atoms with E-state index in [9.17, 15) is 4.79 Å². The fourth-order valence-electron chi connectivity index (χ4n) is 1.34. The second-order valence-corrected chi connectivity index (χ2v) is 3.78. The molecule has 2 nitrogen and oxygen atoms in total. The van der Waals surface area contributed by atoms with E-state index in [0.717, 1.165) is 11.1 Å². The van der Waals surface area contributed by atoms with Crippen LogP contribution >= 0.6 is 11.6 Å². The van der Waals surface area contributed by atoms with Crippen LogP contribution in [0.1, 0.15) is 29.3 Å². The van der Waals surface area contributed by atoms with Gasteiger partial charge in [0.1, 0.15) is 0 Å². The highest BCUT2D eigenvalue weighted by Gasteiger charge is 2.11. The van der Waals surface area contributed by atoms with Crippen LogP contribution in [-0.2, 0) is 4.79 Å². The molecule has 3 heteroatoms. The van der Waals surface area contributed by atoms with Crippen LogP contribution in [0.3, 0.4) is 0 Å². The first-order valence-electron chi connectivity index (χ1n) is 4.52. The largest absolute Gasteiger partial charge is 0.481 e. The number of carbonyl (C=O) groups is 1. The predicted octanol–water partition coefficient (Wildman–Crippen LogP) is 3.14. The van der Waals surface area contributed by atoms with E-state index in [-0.39, 0.29) is 11.8 Å². The predicted molar refractivity (Wildman–Crippen MR) is 56.6 cm³/mol. The molecule has 1 N–H and O–H groups in total. The van der Waals surface area contributed by atoms with Crippen molar-refractivity contribution >= 4 is 17.6 Å². The minimum atomic E-state index is -0.802. The second kappa shape index (κ2) is 5.01. The first-order chi connectivity index (χ1) is 6.61. The van der Waals surface area contributed by atoms with Crippen LogP contribution in [-0.4, -0.2) is 11.1 Å². The maximum Gasteiger partial charge on any atom is 0.303 e. The van der Waals surface area contributed by atoms with Gasteiger partial charge in [-0.25, -0.2) is 0 Å². The van der Waals surface area contributed by atoms with Gasteiger partial charge in [-0.05, 0) is 24.5 Å². The first-order valence-corrected chi connectivity index (χ1v) is 4.96. The van der Waals surface area contributed by atoms with Gasteiger partial charge in [0.25, 0.3) is 0 Å². The van der Waals surface area contributed by atoms with E-state index < -0.39 is 5.97 Å². The quantitative estimate of drug-likeness (QED) is 0.779. The number of halogens is 1. The summed E-state index contributed by atoms with van der Waals surface area (Å²) >= 11 is 6.09. The number of benzene rings is 1. The van der Waals surface area contributed by atoms with Crippen molar-refractivity contribution < 1.29 is 9.90 Å². The molecule has 1 aromatic rings. The molecule has 1 atom stereocenters. The van der Waals surface area contributed by atoms with Crippen molar-refractivity contribution in [2.75, 3.05) is 0 Å². The lowest BCUT2D eigenvalue weighted by atomic mass is 10.0. The Labute approximate surface area is 88.5 Å². The Morgan fingerprint density at radius 2 is 2.14 bits per heavy atom. The Morgan fingerprint density at radius 1 is 1.50 bits per heavy atom. The highest BCUT2D eigenvalue weighted by atomic mass is 35.5. The third kappa shape index (κ3) is 3.04. The van der Waals surface area contributed by atoms with Gasteiger partial charge in [-0.3, -0.25) is 4.79 Å². The average Bonchev–Trinajstić information content (AvgIpc) is 2.15. The molecule has 0 bridgehead atoms. The molecule has 0 amide bonds. The number of hydrogen-bond acceptors (Lipinski definition) is 1. The highest BCUT2D eigenvalue weighted by Crippen LogP contribution is 2.27. The number of carboxylic acid groups (broad SMARTS) is 1. The van der Waals surface area contributed by atoms with Gasteiger partial charge in [0.15, 0.2) is 0 Å². The van der Waals surface area contributed by atoms with E-state index in [2.05, 4.69) is 0 Å². The van der Waals surface area contributed by atoms with Gasteiger partial charge in [-0.1, -0.05) is 24.3 Å². The summed E-state index contributed by atoms with van der Waals surface area (Å²) in [6.45, 7) is 1.98. The average molecular weight is 213 g/mol. The monoisotopic (exact) mass is 212 g/mol. The Kier molecular flexibility index (Phi) is 3.96. The molecular weight excluding hydrogens is 200 g/mol. The van der Waals surface area contributed by atoms with Gasteiger partial charge in [0, 0.05) is 6.42 Å².